The average Bonchev–Trinajstić information content (AvgIpc) is 3.33. The van der Waals surface area contributed by atoms with Gasteiger partial charge in [0.1, 0.15) is 5.76 Å². The maximum absolute atomic E-state index is 13.2. The smallest absolute Gasteiger partial charge is 0.222 e. The van der Waals surface area contributed by atoms with Crippen molar-refractivity contribution in [3.8, 4) is 0 Å². The van der Waals surface area contributed by atoms with Crippen LogP contribution < -0.4 is 5.32 Å². The van der Waals surface area contributed by atoms with E-state index in [1.54, 1.807) is 0 Å². The molecular weight excluding hydrogens is 436 g/mol. The summed E-state index contributed by atoms with van der Waals surface area (Å²) >= 11 is 0. The van der Waals surface area contributed by atoms with E-state index in [2.05, 4.69) is 56.7 Å². The Morgan fingerprint density at radius 2 is 1.77 bits per heavy atom. The largest absolute Gasteiger partial charge is 0.361 e. The Morgan fingerprint density at radius 3 is 2.57 bits per heavy atom. The van der Waals surface area contributed by atoms with Crippen molar-refractivity contribution in [2.24, 2.45) is 17.8 Å². The molecule has 0 spiro atoms. The highest BCUT2D eigenvalue weighted by Gasteiger charge is 2.31. The number of nitrogens with zero attached hydrogens (tertiary/aromatic N) is 3. The number of piperidine rings is 1. The van der Waals surface area contributed by atoms with Gasteiger partial charge in [-0.2, -0.15) is 0 Å². The molecular formula is C29H42N4O2. The van der Waals surface area contributed by atoms with Crippen LogP contribution in [0, 0.1) is 17.8 Å². The lowest BCUT2D eigenvalue weighted by molar-refractivity contribution is -0.134. The van der Waals surface area contributed by atoms with Crippen molar-refractivity contribution in [1.29, 1.82) is 0 Å². The van der Waals surface area contributed by atoms with Gasteiger partial charge in [0.15, 0.2) is 0 Å². The predicted molar refractivity (Wildman–Crippen MR) is 138 cm³/mol. The summed E-state index contributed by atoms with van der Waals surface area (Å²) in [5.41, 5.74) is 2.41. The summed E-state index contributed by atoms with van der Waals surface area (Å²) in [6.07, 6.45) is 10.4. The van der Waals surface area contributed by atoms with E-state index in [-0.39, 0.29) is 0 Å². The number of piperazine rings is 1. The maximum Gasteiger partial charge on any atom is 0.222 e. The van der Waals surface area contributed by atoms with Crippen molar-refractivity contribution in [1.82, 2.24) is 20.3 Å². The van der Waals surface area contributed by atoms with Gasteiger partial charge < -0.3 is 14.7 Å². The number of carbonyl (C=O) groups is 1. The molecule has 0 bridgehead atoms. The molecule has 1 saturated carbocycles. The lowest BCUT2D eigenvalue weighted by Gasteiger charge is -2.37. The Kier molecular flexibility index (Phi) is 8.53. The Labute approximate surface area is 210 Å². The molecule has 5 rings (SSSR count). The highest BCUT2D eigenvalue weighted by molar-refractivity contribution is 5.76. The molecule has 6 heteroatoms. The van der Waals surface area contributed by atoms with E-state index in [0.29, 0.717) is 24.2 Å². The Bertz CT molecular complexity index is 916. The zero-order valence-electron chi connectivity index (χ0n) is 21.2. The van der Waals surface area contributed by atoms with E-state index in [9.17, 15) is 4.79 Å². The molecule has 0 unspecified atom stereocenters. The minimum absolute atomic E-state index is 0.333. The van der Waals surface area contributed by atoms with Crippen molar-refractivity contribution >= 4 is 5.91 Å². The fraction of sp³-hybridized carbons (Fsp3) is 0.655. The van der Waals surface area contributed by atoms with Crippen molar-refractivity contribution in [2.75, 3.05) is 39.3 Å². The molecule has 190 valence electrons. The van der Waals surface area contributed by atoms with Gasteiger partial charge in [-0.1, -0.05) is 67.6 Å². The zero-order valence-corrected chi connectivity index (χ0v) is 21.2. The van der Waals surface area contributed by atoms with Crippen LogP contribution in [0.5, 0.6) is 0 Å². The molecule has 6 nitrogen and oxygen atoms in total. The summed E-state index contributed by atoms with van der Waals surface area (Å²) in [6.45, 7) is 6.54. The highest BCUT2D eigenvalue weighted by atomic mass is 16.5. The van der Waals surface area contributed by atoms with E-state index >= 15 is 0 Å². The molecule has 1 aromatic carbocycles. The normalized spacial score (nSPS) is 24.5. The zero-order chi connectivity index (χ0) is 23.9. The number of aromatic nitrogens is 1. The molecule has 3 aliphatic rings. The van der Waals surface area contributed by atoms with E-state index in [1.165, 1.54) is 37.7 Å². The Hall–Kier alpha value is -2.18. The van der Waals surface area contributed by atoms with E-state index in [0.717, 1.165) is 82.4 Å². The van der Waals surface area contributed by atoms with Crippen molar-refractivity contribution < 1.29 is 9.32 Å². The topological polar surface area (TPSA) is 61.6 Å². The van der Waals surface area contributed by atoms with Gasteiger partial charge in [-0.3, -0.25) is 9.69 Å². The summed E-state index contributed by atoms with van der Waals surface area (Å²) in [7, 11) is 0. The fourth-order valence-electron chi connectivity index (χ4n) is 6.33. The third kappa shape index (κ3) is 6.95. The number of rotatable bonds is 8. The number of hydrogen-bond acceptors (Lipinski definition) is 5. The molecule has 1 N–H and O–H groups in total. The van der Waals surface area contributed by atoms with Crippen LogP contribution in [0.25, 0.3) is 0 Å². The average molecular weight is 479 g/mol. The second-order valence-corrected chi connectivity index (χ2v) is 11.1. The first kappa shape index (κ1) is 24.5. The van der Waals surface area contributed by atoms with Crippen molar-refractivity contribution in [3.05, 3.63) is 53.4 Å². The molecule has 3 heterocycles. The monoisotopic (exact) mass is 478 g/mol. The summed E-state index contributed by atoms with van der Waals surface area (Å²) in [5, 5.41) is 7.97. The summed E-state index contributed by atoms with van der Waals surface area (Å²) < 4.78 is 5.72. The first-order chi connectivity index (χ1) is 17.2. The Morgan fingerprint density at radius 1 is 0.971 bits per heavy atom. The second-order valence-electron chi connectivity index (χ2n) is 11.1. The van der Waals surface area contributed by atoms with Crippen molar-refractivity contribution in [3.63, 3.8) is 0 Å². The third-order valence-corrected chi connectivity index (χ3v) is 8.47. The number of benzene rings is 1. The van der Waals surface area contributed by atoms with Gasteiger partial charge >= 0.3 is 0 Å². The number of nitrogens with one attached hydrogen (secondary N) is 1. The SMILES string of the molecule is O=C(C[C@@H]1CCNC[C@@H]1Cc1cc(CC2CCCCC2)on1)N1CCN(Cc2ccccc2)CC1. The van der Waals surface area contributed by atoms with Crippen LogP contribution in [-0.2, 0) is 24.2 Å². The van der Waals surface area contributed by atoms with Crippen molar-refractivity contribution in [2.45, 2.75) is 64.3 Å². The molecule has 1 amide bonds. The standard InChI is InChI=1S/C29H42N4O2/c34-29(33-15-13-32(14-16-33)22-24-9-5-2-6-10-24)19-25-11-12-30-21-26(25)18-27-20-28(35-31-27)17-23-7-3-1-4-8-23/h2,5-6,9-10,20,23,25-26,30H,1,3-4,7-8,11-19,21-22H2/t25-,26-/m0/s1. The third-order valence-electron chi connectivity index (χ3n) is 8.47. The van der Waals surface area contributed by atoms with Gasteiger partial charge in [-0.25, -0.2) is 0 Å². The van der Waals surface area contributed by atoms with Crippen LogP contribution in [0.4, 0.5) is 0 Å². The number of hydrogen-bond donors (Lipinski definition) is 1. The molecule has 2 saturated heterocycles. The molecule has 0 radical (unpaired) electrons. The van der Waals surface area contributed by atoms with Gasteiger partial charge in [0.05, 0.1) is 5.69 Å². The quantitative estimate of drug-likeness (QED) is 0.613. The molecule has 35 heavy (non-hydrogen) atoms. The highest BCUT2D eigenvalue weighted by Crippen LogP contribution is 2.29. The predicted octanol–water partition coefficient (Wildman–Crippen LogP) is 4.30. The first-order valence-corrected chi connectivity index (χ1v) is 13.9. The van der Waals surface area contributed by atoms with Gasteiger partial charge in [0.2, 0.25) is 5.91 Å². The van der Waals surface area contributed by atoms with E-state index < -0.39 is 0 Å². The molecule has 2 atom stereocenters. The van der Waals surface area contributed by atoms with Gasteiger partial charge in [-0.15, -0.1) is 0 Å². The minimum Gasteiger partial charge on any atom is -0.361 e. The summed E-state index contributed by atoms with van der Waals surface area (Å²) in [6, 6.07) is 12.8. The lowest BCUT2D eigenvalue weighted by Crippen LogP contribution is -2.49. The van der Waals surface area contributed by atoms with Gasteiger partial charge in [0.25, 0.3) is 0 Å². The van der Waals surface area contributed by atoms with Crippen LogP contribution in [0.2, 0.25) is 0 Å². The van der Waals surface area contributed by atoms with Crippen LogP contribution >= 0.6 is 0 Å². The van der Waals surface area contributed by atoms with Gasteiger partial charge in [0, 0.05) is 51.6 Å². The first-order valence-electron chi connectivity index (χ1n) is 13.9. The number of carbonyl (C=O) groups excluding carboxylic acids is 1. The van der Waals surface area contributed by atoms with Crippen LogP contribution in [-0.4, -0.2) is 60.1 Å². The Balaban J connectivity index is 1.09. The molecule has 2 aliphatic heterocycles. The fourth-order valence-corrected chi connectivity index (χ4v) is 6.33. The molecule has 2 aromatic rings. The van der Waals surface area contributed by atoms with Crippen LogP contribution in [0.1, 0.15) is 62.0 Å². The van der Waals surface area contributed by atoms with Crippen LogP contribution in [0.15, 0.2) is 40.9 Å². The van der Waals surface area contributed by atoms with Crippen LogP contribution in [0.3, 0.4) is 0 Å². The molecule has 3 fully saturated rings. The van der Waals surface area contributed by atoms with E-state index in [1.807, 2.05) is 0 Å². The number of amides is 1. The lowest BCUT2D eigenvalue weighted by atomic mass is 9.80. The molecule has 1 aliphatic carbocycles. The minimum atomic E-state index is 0.333. The summed E-state index contributed by atoms with van der Waals surface area (Å²) in [4.78, 5) is 17.8. The molecule has 1 aromatic heterocycles. The van der Waals surface area contributed by atoms with E-state index in [4.69, 9.17) is 4.52 Å². The second kappa shape index (κ2) is 12.2. The maximum atomic E-state index is 13.2. The van der Waals surface area contributed by atoms with Gasteiger partial charge in [-0.05, 0) is 49.2 Å². The summed E-state index contributed by atoms with van der Waals surface area (Å²) in [5.74, 6) is 3.01.